The average Bonchev–Trinajstić information content (AvgIpc) is 3.22. The normalized spacial score (nSPS) is 11.4. The van der Waals surface area contributed by atoms with Crippen molar-refractivity contribution in [1.29, 1.82) is 0 Å². The van der Waals surface area contributed by atoms with E-state index < -0.39 is 10.0 Å². The molecular weight excluding hydrogens is 380 g/mol. The van der Waals surface area contributed by atoms with Crippen LogP contribution in [0.25, 0.3) is 11.6 Å². The molecule has 0 radical (unpaired) electrons. The number of sulfonamides is 1. The second kappa shape index (κ2) is 7.19. The summed E-state index contributed by atoms with van der Waals surface area (Å²) in [5, 5.41) is 15.8. The third-order valence-electron chi connectivity index (χ3n) is 3.18. The van der Waals surface area contributed by atoms with Crippen LogP contribution in [0.3, 0.4) is 0 Å². The van der Waals surface area contributed by atoms with Crippen LogP contribution in [0.4, 0.5) is 5.69 Å². The minimum absolute atomic E-state index is 0.00685. The third kappa shape index (κ3) is 4.04. The summed E-state index contributed by atoms with van der Waals surface area (Å²) in [5.41, 5.74) is 0.313. The Balaban J connectivity index is 1.63. The molecule has 2 heterocycles. The highest BCUT2D eigenvalue weighted by Crippen LogP contribution is 2.22. The van der Waals surface area contributed by atoms with E-state index in [-0.39, 0.29) is 16.6 Å². The smallest absolute Gasteiger partial charge is 0.238 e. The first kappa shape index (κ1) is 18.0. The predicted molar refractivity (Wildman–Crippen MR) is 95.0 cm³/mol. The van der Waals surface area contributed by atoms with E-state index in [1.165, 1.54) is 29.1 Å². The highest BCUT2D eigenvalue weighted by molar-refractivity contribution is 7.99. The number of nitrogens with one attached hydrogen (secondary N) is 1. The van der Waals surface area contributed by atoms with Crippen molar-refractivity contribution in [1.82, 2.24) is 14.9 Å². The molecule has 0 unspecified atom stereocenters. The summed E-state index contributed by atoms with van der Waals surface area (Å²) in [4.78, 5) is 12.0. The maximum absolute atomic E-state index is 12.1. The van der Waals surface area contributed by atoms with Crippen LogP contribution in [0.5, 0.6) is 0 Å². The fraction of sp³-hybridized carbons (Fsp3) is 0.0714. The van der Waals surface area contributed by atoms with E-state index in [2.05, 4.69) is 15.5 Å². The minimum Gasteiger partial charge on any atom is -0.461 e. The number of carbonyl (C=O) groups is 1. The van der Waals surface area contributed by atoms with Crippen molar-refractivity contribution >= 4 is 33.4 Å². The standard InChI is InChI=1S/C14H14N6O4S2/c15-20-13(11-5-2-6-24-11)18-19-14(20)25-8-12(21)17-9-3-1-4-10(7-9)26(16,22)23/h1-7H,8,15H2,(H,17,21)(H2,16,22,23). The van der Waals surface area contributed by atoms with Crippen LogP contribution in [-0.2, 0) is 14.8 Å². The number of hydrogen-bond donors (Lipinski definition) is 3. The monoisotopic (exact) mass is 394 g/mol. The van der Waals surface area contributed by atoms with Crippen molar-refractivity contribution in [3.8, 4) is 11.6 Å². The van der Waals surface area contributed by atoms with Crippen LogP contribution in [-0.4, -0.2) is 35.0 Å². The molecule has 0 aliphatic carbocycles. The van der Waals surface area contributed by atoms with Gasteiger partial charge < -0.3 is 15.6 Å². The first-order valence-corrected chi connectivity index (χ1v) is 9.67. The number of amides is 1. The van der Waals surface area contributed by atoms with E-state index in [1.54, 1.807) is 18.2 Å². The van der Waals surface area contributed by atoms with Crippen LogP contribution in [0, 0.1) is 0 Å². The van der Waals surface area contributed by atoms with Gasteiger partial charge in [0.15, 0.2) is 5.76 Å². The fourth-order valence-electron chi connectivity index (χ4n) is 2.03. The first-order chi connectivity index (χ1) is 12.3. The summed E-state index contributed by atoms with van der Waals surface area (Å²) >= 11 is 1.07. The molecule has 26 heavy (non-hydrogen) atoms. The van der Waals surface area contributed by atoms with Crippen LogP contribution < -0.4 is 16.3 Å². The van der Waals surface area contributed by atoms with Crippen LogP contribution in [0.1, 0.15) is 0 Å². The molecule has 3 aromatic rings. The van der Waals surface area contributed by atoms with Crippen LogP contribution >= 0.6 is 11.8 Å². The molecule has 5 N–H and O–H groups in total. The van der Waals surface area contributed by atoms with Gasteiger partial charge in [-0.2, -0.15) is 0 Å². The minimum atomic E-state index is -3.84. The van der Waals surface area contributed by atoms with E-state index in [0.29, 0.717) is 22.4 Å². The van der Waals surface area contributed by atoms with Gasteiger partial charge in [0.1, 0.15) is 0 Å². The second-order valence-electron chi connectivity index (χ2n) is 5.06. The molecule has 12 heteroatoms. The Bertz CT molecular complexity index is 1030. The number of rotatable bonds is 6. The number of nitrogens with two attached hydrogens (primary N) is 2. The maximum atomic E-state index is 12.1. The van der Waals surface area contributed by atoms with Crippen molar-refractivity contribution in [2.24, 2.45) is 5.14 Å². The lowest BCUT2D eigenvalue weighted by molar-refractivity contribution is -0.113. The number of carbonyl (C=O) groups excluding carboxylic acids is 1. The van der Waals surface area contributed by atoms with Crippen molar-refractivity contribution in [2.75, 3.05) is 16.9 Å². The summed E-state index contributed by atoms with van der Waals surface area (Å²) in [5.74, 6) is 6.31. The lowest BCUT2D eigenvalue weighted by Crippen LogP contribution is -2.17. The molecule has 10 nitrogen and oxygen atoms in total. The summed E-state index contributed by atoms with van der Waals surface area (Å²) in [6.07, 6.45) is 1.49. The summed E-state index contributed by atoms with van der Waals surface area (Å²) < 4.78 is 29.1. The van der Waals surface area contributed by atoms with Crippen LogP contribution in [0.2, 0.25) is 0 Å². The van der Waals surface area contributed by atoms with E-state index in [9.17, 15) is 13.2 Å². The number of thioether (sulfide) groups is 1. The van der Waals surface area contributed by atoms with Gasteiger partial charge in [0, 0.05) is 5.69 Å². The Morgan fingerprint density at radius 3 is 2.77 bits per heavy atom. The number of nitrogen functional groups attached to an aromatic ring is 1. The first-order valence-electron chi connectivity index (χ1n) is 7.14. The third-order valence-corrected chi connectivity index (χ3v) is 5.04. The predicted octanol–water partition coefficient (Wildman–Crippen LogP) is 0.630. The average molecular weight is 394 g/mol. The zero-order chi connectivity index (χ0) is 18.7. The Morgan fingerprint density at radius 1 is 1.27 bits per heavy atom. The summed E-state index contributed by atoms with van der Waals surface area (Å²) in [6.45, 7) is 0. The number of nitrogens with zero attached hydrogens (tertiary/aromatic N) is 3. The van der Waals surface area contributed by atoms with Crippen molar-refractivity contribution < 1.29 is 17.6 Å². The number of hydrogen-bond acceptors (Lipinski definition) is 8. The second-order valence-corrected chi connectivity index (χ2v) is 7.57. The molecule has 2 aromatic heterocycles. The molecule has 0 aliphatic heterocycles. The van der Waals surface area contributed by atoms with E-state index >= 15 is 0 Å². The number of aromatic nitrogens is 3. The molecule has 1 amide bonds. The fourth-order valence-corrected chi connectivity index (χ4v) is 3.24. The lowest BCUT2D eigenvalue weighted by Gasteiger charge is -2.06. The van der Waals surface area contributed by atoms with Gasteiger partial charge in [-0.15, -0.1) is 10.2 Å². The van der Waals surface area contributed by atoms with E-state index in [4.69, 9.17) is 15.4 Å². The SMILES string of the molecule is Nn1c(SCC(=O)Nc2cccc(S(N)(=O)=O)c2)nnc1-c1ccco1. The number of primary sulfonamides is 1. The van der Waals surface area contributed by atoms with Gasteiger partial charge in [-0.3, -0.25) is 4.79 Å². The zero-order valence-corrected chi connectivity index (χ0v) is 14.8. The molecular formula is C14H14N6O4S2. The van der Waals surface area contributed by atoms with Gasteiger partial charge in [-0.25, -0.2) is 18.2 Å². The van der Waals surface area contributed by atoms with E-state index in [0.717, 1.165) is 11.8 Å². The molecule has 3 rings (SSSR count). The zero-order valence-electron chi connectivity index (χ0n) is 13.2. The summed E-state index contributed by atoms with van der Waals surface area (Å²) in [7, 11) is -3.84. The highest BCUT2D eigenvalue weighted by Gasteiger charge is 2.16. The maximum Gasteiger partial charge on any atom is 0.238 e. The molecule has 0 spiro atoms. The molecule has 0 bridgehead atoms. The van der Waals surface area contributed by atoms with Crippen molar-refractivity contribution in [3.63, 3.8) is 0 Å². The van der Waals surface area contributed by atoms with Crippen molar-refractivity contribution in [3.05, 3.63) is 42.7 Å². The van der Waals surface area contributed by atoms with Gasteiger partial charge in [-0.1, -0.05) is 17.8 Å². The molecule has 0 aliphatic rings. The largest absolute Gasteiger partial charge is 0.461 e. The quantitative estimate of drug-likeness (QED) is 0.405. The molecule has 136 valence electrons. The van der Waals surface area contributed by atoms with E-state index in [1.807, 2.05) is 0 Å². The number of furan rings is 1. The Hall–Kier alpha value is -2.83. The molecule has 0 fully saturated rings. The highest BCUT2D eigenvalue weighted by atomic mass is 32.2. The summed E-state index contributed by atoms with van der Waals surface area (Å²) in [6, 6.07) is 9.03. The molecule has 1 aromatic carbocycles. The van der Waals surface area contributed by atoms with Gasteiger partial charge in [-0.05, 0) is 30.3 Å². The van der Waals surface area contributed by atoms with Crippen molar-refractivity contribution in [2.45, 2.75) is 10.1 Å². The van der Waals surface area contributed by atoms with Gasteiger partial charge in [0.25, 0.3) is 0 Å². The Labute approximate surface area is 152 Å². The molecule has 0 atom stereocenters. The lowest BCUT2D eigenvalue weighted by atomic mass is 10.3. The van der Waals surface area contributed by atoms with Crippen LogP contribution in [0.15, 0.2) is 57.1 Å². The molecule has 0 saturated heterocycles. The van der Waals surface area contributed by atoms with Gasteiger partial charge >= 0.3 is 0 Å². The number of anilines is 1. The van der Waals surface area contributed by atoms with Gasteiger partial charge in [0.2, 0.25) is 26.9 Å². The topological polar surface area (TPSA) is 159 Å². The van der Waals surface area contributed by atoms with Gasteiger partial charge in [0.05, 0.1) is 16.9 Å². The number of benzene rings is 1. The Morgan fingerprint density at radius 2 is 2.08 bits per heavy atom. The Kier molecular flexibility index (Phi) is 4.97. The molecule has 0 saturated carbocycles.